The van der Waals surface area contributed by atoms with E-state index in [0.717, 1.165) is 5.69 Å². The second-order valence-electron chi connectivity index (χ2n) is 6.97. The van der Waals surface area contributed by atoms with Crippen LogP contribution < -0.4 is 4.90 Å². The molecule has 0 spiro atoms. The molecule has 0 bridgehead atoms. The normalized spacial score (nSPS) is 14.1. The number of nitrogens with zero attached hydrogens (tertiary/aromatic N) is 6. The third-order valence-electron chi connectivity index (χ3n) is 5.10. The van der Waals surface area contributed by atoms with Gasteiger partial charge in [0.25, 0.3) is 5.91 Å². The SMILES string of the molecule is O=C(c1cc(-c2ccco2)nn1-c1ccccc1)N1CCN(c2ncccn2)CC1. The Morgan fingerprint density at radius 2 is 1.67 bits per heavy atom. The van der Waals surface area contributed by atoms with Crippen molar-refractivity contribution in [3.63, 3.8) is 0 Å². The van der Waals surface area contributed by atoms with E-state index in [1.807, 2.05) is 47.4 Å². The van der Waals surface area contributed by atoms with Gasteiger partial charge in [-0.3, -0.25) is 4.79 Å². The highest BCUT2D eigenvalue weighted by Gasteiger charge is 2.27. The van der Waals surface area contributed by atoms with Crippen molar-refractivity contribution in [3.8, 4) is 17.1 Å². The number of aromatic nitrogens is 4. The van der Waals surface area contributed by atoms with Crippen LogP contribution >= 0.6 is 0 Å². The molecule has 0 aliphatic carbocycles. The smallest absolute Gasteiger partial charge is 0.272 e. The summed E-state index contributed by atoms with van der Waals surface area (Å²) in [6.45, 7) is 2.54. The number of rotatable bonds is 4. The van der Waals surface area contributed by atoms with E-state index in [0.29, 0.717) is 49.3 Å². The van der Waals surface area contributed by atoms with E-state index in [2.05, 4.69) is 20.0 Å². The maximum Gasteiger partial charge on any atom is 0.272 e. The number of hydrogen-bond acceptors (Lipinski definition) is 6. The Hall–Kier alpha value is -3.94. The molecule has 0 saturated carbocycles. The lowest BCUT2D eigenvalue weighted by Gasteiger charge is -2.34. The van der Waals surface area contributed by atoms with Crippen LogP contribution in [-0.4, -0.2) is 56.7 Å². The third-order valence-corrected chi connectivity index (χ3v) is 5.10. The fourth-order valence-electron chi connectivity index (χ4n) is 3.57. The average molecular weight is 400 g/mol. The topological polar surface area (TPSA) is 80.3 Å². The van der Waals surface area contributed by atoms with Gasteiger partial charge in [0.15, 0.2) is 5.76 Å². The summed E-state index contributed by atoms with van der Waals surface area (Å²) in [6, 6.07) is 16.9. The molecule has 4 heterocycles. The first-order chi connectivity index (χ1) is 14.8. The minimum absolute atomic E-state index is 0.0576. The molecule has 3 aromatic heterocycles. The zero-order valence-electron chi connectivity index (χ0n) is 16.3. The summed E-state index contributed by atoms with van der Waals surface area (Å²) in [5, 5.41) is 4.65. The summed E-state index contributed by atoms with van der Waals surface area (Å²) in [5.41, 5.74) is 1.97. The highest BCUT2D eigenvalue weighted by atomic mass is 16.3. The van der Waals surface area contributed by atoms with E-state index in [4.69, 9.17) is 4.42 Å². The van der Waals surface area contributed by atoms with E-state index < -0.39 is 0 Å². The van der Waals surface area contributed by atoms with Crippen molar-refractivity contribution in [2.24, 2.45) is 0 Å². The Bertz CT molecular complexity index is 1120. The van der Waals surface area contributed by atoms with E-state index in [1.165, 1.54) is 0 Å². The Labute approximate surface area is 173 Å². The summed E-state index contributed by atoms with van der Waals surface area (Å²) in [4.78, 5) is 25.9. The molecule has 0 N–H and O–H groups in total. The zero-order chi connectivity index (χ0) is 20.3. The highest BCUT2D eigenvalue weighted by molar-refractivity contribution is 5.94. The molecule has 5 rings (SSSR count). The van der Waals surface area contributed by atoms with Crippen molar-refractivity contribution in [2.45, 2.75) is 0 Å². The van der Waals surface area contributed by atoms with E-state index in [-0.39, 0.29) is 5.91 Å². The van der Waals surface area contributed by atoms with Crippen molar-refractivity contribution in [3.05, 3.63) is 78.9 Å². The summed E-state index contributed by atoms with van der Waals surface area (Å²) in [7, 11) is 0. The van der Waals surface area contributed by atoms with Crippen LogP contribution in [0.5, 0.6) is 0 Å². The van der Waals surface area contributed by atoms with Gasteiger partial charge in [-0.25, -0.2) is 14.6 Å². The molecular formula is C22H20N6O2. The van der Waals surface area contributed by atoms with Crippen LogP contribution in [0.25, 0.3) is 17.1 Å². The van der Waals surface area contributed by atoms with Crippen LogP contribution in [0.4, 0.5) is 5.95 Å². The maximum atomic E-state index is 13.4. The van der Waals surface area contributed by atoms with Gasteiger partial charge in [-0.2, -0.15) is 5.10 Å². The molecular weight excluding hydrogens is 380 g/mol. The fourth-order valence-corrected chi connectivity index (χ4v) is 3.57. The molecule has 4 aromatic rings. The van der Waals surface area contributed by atoms with E-state index in [1.54, 1.807) is 35.5 Å². The molecule has 30 heavy (non-hydrogen) atoms. The number of amides is 1. The molecule has 8 nitrogen and oxygen atoms in total. The van der Waals surface area contributed by atoms with Crippen molar-refractivity contribution < 1.29 is 9.21 Å². The van der Waals surface area contributed by atoms with Gasteiger partial charge < -0.3 is 14.2 Å². The summed E-state index contributed by atoms with van der Waals surface area (Å²) in [6.07, 6.45) is 5.06. The number of furan rings is 1. The van der Waals surface area contributed by atoms with Crippen molar-refractivity contribution in [1.29, 1.82) is 0 Å². The highest BCUT2D eigenvalue weighted by Crippen LogP contribution is 2.23. The number of benzene rings is 1. The third kappa shape index (κ3) is 3.43. The standard InChI is InChI=1S/C22H20N6O2/c29-21(26-11-13-27(14-12-26)22-23-9-5-10-24-22)19-16-18(20-8-4-15-30-20)25-28(19)17-6-2-1-3-7-17/h1-10,15-16H,11-14H2. The average Bonchev–Trinajstić information content (AvgIpc) is 3.50. The molecule has 8 heteroatoms. The predicted octanol–water partition coefficient (Wildman–Crippen LogP) is 2.88. The summed E-state index contributed by atoms with van der Waals surface area (Å²) < 4.78 is 7.18. The lowest BCUT2D eigenvalue weighted by atomic mass is 10.2. The molecule has 0 atom stereocenters. The number of carbonyl (C=O) groups is 1. The Kier molecular flexibility index (Phi) is 4.72. The maximum absolute atomic E-state index is 13.4. The van der Waals surface area contributed by atoms with Crippen LogP contribution in [0.15, 0.2) is 77.7 Å². The van der Waals surface area contributed by atoms with E-state index in [9.17, 15) is 4.79 Å². The van der Waals surface area contributed by atoms with Gasteiger partial charge in [0.1, 0.15) is 11.4 Å². The first-order valence-electron chi connectivity index (χ1n) is 9.80. The van der Waals surface area contributed by atoms with Gasteiger partial charge in [-0.15, -0.1) is 0 Å². The van der Waals surface area contributed by atoms with Crippen LogP contribution in [0.3, 0.4) is 0 Å². The number of anilines is 1. The first-order valence-corrected chi connectivity index (χ1v) is 9.80. The van der Waals surface area contributed by atoms with Crippen LogP contribution in [0, 0.1) is 0 Å². The molecule has 0 unspecified atom stereocenters. The molecule has 150 valence electrons. The number of piperazine rings is 1. The monoisotopic (exact) mass is 400 g/mol. The van der Waals surface area contributed by atoms with Gasteiger partial charge in [0, 0.05) is 44.6 Å². The number of carbonyl (C=O) groups excluding carboxylic acids is 1. The summed E-state index contributed by atoms with van der Waals surface area (Å²) in [5.74, 6) is 1.27. The second-order valence-corrected chi connectivity index (χ2v) is 6.97. The molecule has 0 radical (unpaired) electrons. The fraction of sp³-hybridized carbons (Fsp3) is 0.182. The Morgan fingerprint density at radius 3 is 2.37 bits per heavy atom. The van der Waals surface area contributed by atoms with Gasteiger partial charge in [-0.05, 0) is 30.3 Å². The number of hydrogen-bond donors (Lipinski definition) is 0. The zero-order valence-corrected chi connectivity index (χ0v) is 16.3. The molecule has 1 amide bonds. The van der Waals surface area contributed by atoms with Crippen molar-refractivity contribution in [2.75, 3.05) is 31.1 Å². The van der Waals surface area contributed by atoms with E-state index >= 15 is 0 Å². The lowest BCUT2D eigenvalue weighted by molar-refractivity contribution is 0.0737. The first kappa shape index (κ1) is 18.1. The Morgan fingerprint density at radius 1 is 0.900 bits per heavy atom. The molecule has 1 fully saturated rings. The molecule has 1 saturated heterocycles. The molecule has 1 aliphatic heterocycles. The predicted molar refractivity (Wildman–Crippen MR) is 111 cm³/mol. The minimum Gasteiger partial charge on any atom is -0.463 e. The van der Waals surface area contributed by atoms with Crippen molar-refractivity contribution in [1.82, 2.24) is 24.6 Å². The number of para-hydroxylation sites is 1. The Balaban J connectivity index is 1.41. The van der Waals surface area contributed by atoms with Crippen molar-refractivity contribution >= 4 is 11.9 Å². The largest absolute Gasteiger partial charge is 0.463 e. The van der Waals surface area contributed by atoms with Crippen LogP contribution in [-0.2, 0) is 0 Å². The molecule has 1 aromatic carbocycles. The second kappa shape index (κ2) is 7.82. The van der Waals surface area contributed by atoms with Gasteiger partial charge in [0.05, 0.1) is 12.0 Å². The minimum atomic E-state index is -0.0576. The van der Waals surface area contributed by atoms with Gasteiger partial charge >= 0.3 is 0 Å². The van der Waals surface area contributed by atoms with Gasteiger partial charge in [0.2, 0.25) is 5.95 Å². The summed E-state index contributed by atoms with van der Waals surface area (Å²) >= 11 is 0. The molecule has 1 aliphatic rings. The quantitative estimate of drug-likeness (QED) is 0.524. The van der Waals surface area contributed by atoms with Gasteiger partial charge in [-0.1, -0.05) is 18.2 Å². The van der Waals surface area contributed by atoms with Crippen LogP contribution in [0.1, 0.15) is 10.5 Å². The van der Waals surface area contributed by atoms with Crippen LogP contribution in [0.2, 0.25) is 0 Å². The lowest BCUT2D eigenvalue weighted by Crippen LogP contribution is -2.49.